The molecule has 0 atom stereocenters. The highest BCUT2D eigenvalue weighted by Crippen LogP contribution is 2.15. The summed E-state index contributed by atoms with van der Waals surface area (Å²) in [4.78, 5) is 5.74. The fraction of sp³-hybridized carbons (Fsp3) is 0.182. The summed E-state index contributed by atoms with van der Waals surface area (Å²) in [5, 5.41) is 2.10. The predicted octanol–water partition coefficient (Wildman–Crippen LogP) is 3.04. The van der Waals surface area contributed by atoms with Crippen molar-refractivity contribution in [2.75, 3.05) is 0 Å². The third-order valence-electron chi connectivity index (χ3n) is 2.04. The summed E-state index contributed by atoms with van der Waals surface area (Å²) in [5.74, 6) is 0. The summed E-state index contributed by atoms with van der Waals surface area (Å²) < 4.78 is 0. The van der Waals surface area contributed by atoms with Crippen molar-refractivity contribution in [1.82, 2.24) is 4.98 Å². The third kappa shape index (κ3) is 1.95. The fourth-order valence-corrected chi connectivity index (χ4v) is 1.99. The predicted molar refractivity (Wildman–Crippen MR) is 56.1 cm³/mol. The Labute approximate surface area is 82.1 Å². The minimum atomic E-state index is 0.963. The molecule has 0 unspecified atom stereocenters. The van der Waals surface area contributed by atoms with Gasteiger partial charge in [0, 0.05) is 23.2 Å². The highest BCUT2D eigenvalue weighted by molar-refractivity contribution is 7.09. The van der Waals surface area contributed by atoms with E-state index < -0.39 is 0 Å². The zero-order valence-electron chi connectivity index (χ0n) is 7.53. The molecule has 1 nitrogen and oxygen atoms in total. The smallest absolute Gasteiger partial charge is 0.0484 e. The van der Waals surface area contributed by atoms with Gasteiger partial charge in [0.05, 0.1) is 0 Å². The van der Waals surface area contributed by atoms with E-state index >= 15 is 0 Å². The standard InChI is InChI=1S/C11H11NS/c1-9-4-2-6-12-11(9)8-10-5-3-7-13-10/h2-7H,8H2,1H3. The van der Waals surface area contributed by atoms with Crippen LogP contribution in [0, 0.1) is 6.92 Å². The number of aryl methyl sites for hydroxylation is 1. The molecule has 0 aliphatic rings. The van der Waals surface area contributed by atoms with Gasteiger partial charge >= 0.3 is 0 Å². The molecule has 0 fully saturated rings. The number of rotatable bonds is 2. The highest BCUT2D eigenvalue weighted by Gasteiger charge is 2.00. The molecule has 0 bridgehead atoms. The zero-order chi connectivity index (χ0) is 9.10. The van der Waals surface area contributed by atoms with Crippen LogP contribution in [0.4, 0.5) is 0 Å². The van der Waals surface area contributed by atoms with Crippen molar-refractivity contribution in [3.8, 4) is 0 Å². The number of hydrogen-bond acceptors (Lipinski definition) is 2. The van der Waals surface area contributed by atoms with E-state index in [-0.39, 0.29) is 0 Å². The van der Waals surface area contributed by atoms with Crippen LogP contribution in [0.15, 0.2) is 35.8 Å². The van der Waals surface area contributed by atoms with Gasteiger partial charge in [-0.1, -0.05) is 12.1 Å². The highest BCUT2D eigenvalue weighted by atomic mass is 32.1. The normalized spacial score (nSPS) is 10.2. The molecule has 2 aromatic heterocycles. The molecule has 2 rings (SSSR count). The maximum Gasteiger partial charge on any atom is 0.0484 e. The summed E-state index contributed by atoms with van der Waals surface area (Å²) in [7, 11) is 0. The van der Waals surface area contributed by atoms with Gasteiger partial charge in [-0.2, -0.15) is 0 Å². The number of aromatic nitrogens is 1. The monoisotopic (exact) mass is 189 g/mol. The Kier molecular flexibility index (Phi) is 2.41. The summed E-state index contributed by atoms with van der Waals surface area (Å²) in [6.07, 6.45) is 2.82. The first-order chi connectivity index (χ1) is 6.36. The second kappa shape index (κ2) is 3.71. The van der Waals surface area contributed by atoms with Gasteiger partial charge < -0.3 is 0 Å². The minimum Gasteiger partial charge on any atom is -0.261 e. The van der Waals surface area contributed by atoms with Crippen molar-refractivity contribution < 1.29 is 0 Å². The summed E-state index contributed by atoms with van der Waals surface area (Å²) in [6, 6.07) is 8.32. The van der Waals surface area contributed by atoms with Crippen LogP contribution in [0.1, 0.15) is 16.1 Å². The third-order valence-corrected chi connectivity index (χ3v) is 2.92. The summed E-state index contributed by atoms with van der Waals surface area (Å²) in [5.41, 5.74) is 2.46. The van der Waals surface area contributed by atoms with Crippen molar-refractivity contribution in [3.63, 3.8) is 0 Å². The first kappa shape index (κ1) is 8.45. The molecule has 66 valence electrons. The van der Waals surface area contributed by atoms with Gasteiger partial charge in [-0.3, -0.25) is 4.98 Å². The van der Waals surface area contributed by atoms with Crippen molar-refractivity contribution in [2.24, 2.45) is 0 Å². The molecule has 13 heavy (non-hydrogen) atoms. The van der Waals surface area contributed by atoms with Crippen LogP contribution in [0.3, 0.4) is 0 Å². The van der Waals surface area contributed by atoms with Crippen molar-refractivity contribution in [3.05, 3.63) is 52.0 Å². The Morgan fingerprint density at radius 1 is 1.31 bits per heavy atom. The van der Waals surface area contributed by atoms with E-state index in [1.807, 2.05) is 12.3 Å². The van der Waals surface area contributed by atoms with Crippen LogP contribution < -0.4 is 0 Å². The number of pyridine rings is 1. The van der Waals surface area contributed by atoms with E-state index in [9.17, 15) is 0 Å². The quantitative estimate of drug-likeness (QED) is 0.707. The average molecular weight is 189 g/mol. The van der Waals surface area contributed by atoms with E-state index in [4.69, 9.17) is 0 Å². The molecule has 0 N–H and O–H groups in total. The van der Waals surface area contributed by atoms with Crippen molar-refractivity contribution in [1.29, 1.82) is 0 Å². The van der Waals surface area contributed by atoms with Crippen LogP contribution in [0.5, 0.6) is 0 Å². The molecule has 0 spiro atoms. The molecular formula is C11H11NS. The largest absolute Gasteiger partial charge is 0.261 e. The molecule has 0 saturated heterocycles. The molecule has 0 amide bonds. The van der Waals surface area contributed by atoms with Crippen molar-refractivity contribution >= 4 is 11.3 Å². The van der Waals surface area contributed by atoms with Crippen LogP contribution in [0.2, 0.25) is 0 Å². The van der Waals surface area contributed by atoms with Gasteiger partial charge in [-0.05, 0) is 30.0 Å². The second-order valence-corrected chi connectivity index (χ2v) is 4.06. The van der Waals surface area contributed by atoms with E-state index in [0.717, 1.165) is 6.42 Å². The topological polar surface area (TPSA) is 12.9 Å². The average Bonchev–Trinajstić information content (AvgIpc) is 2.61. The lowest BCUT2D eigenvalue weighted by molar-refractivity contribution is 1.06. The Bertz CT molecular complexity index is 379. The van der Waals surface area contributed by atoms with Crippen LogP contribution >= 0.6 is 11.3 Å². The first-order valence-electron chi connectivity index (χ1n) is 4.29. The summed E-state index contributed by atoms with van der Waals surface area (Å²) >= 11 is 1.79. The molecule has 0 radical (unpaired) electrons. The van der Waals surface area contributed by atoms with E-state index in [2.05, 4.69) is 35.5 Å². The molecule has 0 saturated carbocycles. The van der Waals surface area contributed by atoms with Crippen molar-refractivity contribution in [2.45, 2.75) is 13.3 Å². The lowest BCUT2D eigenvalue weighted by Gasteiger charge is -2.01. The van der Waals surface area contributed by atoms with Gasteiger partial charge in [0.25, 0.3) is 0 Å². The Hall–Kier alpha value is -1.15. The fourth-order valence-electron chi connectivity index (χ4n) is 1.28. The van der Waals surface area contributed by atoms with Gasteiger partial charge in [-0.15, -0.1) is 11.3 Å². The molecule has 0 aliphatic heterocycles. The maximum atomic E-state index is 4.36. The first-order valence-corrected chi connectivity index (χ1v) is 5.17. The van der Waals surface area contributed by atoms with Crippen LogP contribution in [-0.2, 0) is 6.42 Å². The number of hydrogen-bond donors (Lipinski definition) is 0. The van der Waals surface area contributed by atoms with E-state index in [0.29, 0.717) is 0 Å². The number of nitrogens with zero attached hydrogens (tertiary/aromatic N) is 1. The van der Waals surface area contributed by atoms with E-state index in [1.54, 1.807) is 11.3 Å². The maximum absolute atomic E-state index is 4.36. The Balaban J connectivity index is 2.24. The van der Waals surface area contributed by atoms with Crippen LogP contribution in [-0.4, -0.2) is 4.98 Å². The summed E-state index contributed by atoms with van der Waals surface area (Å²) in [6.45, 7) is 2.11. The van der Waals surface area contributed by atoms with Gasteiger partial charge in [0.2, 0.25) is 0 Å². The minimum absolute atomic E-state index is 0.963. The van der Waals surface area contributed by atoms with Crippen LogP contribution in [0.25, 0.3) is 0 Å². The van der Waals surface area contributed by atoms with Gasteiger partial charge in [0.15, 0.2) is 0 Å². The molecule has 2 heterocycles. The second-order valence-electron chi connectivity index (χ2n) is 3.02. The lowest BCUT2D eigenvalue weighted by Crippen LogP contribution is -1.92. The zero-order valence-corrected chi connectivity index (χ0v) is 8.34. The molecule has 2 heteroatoms. The van der Waals surface area contributed by atoms with Gasteiger partial charge in [-0.25, -0.2) is 0 Å². The molecule has 0 aliphatic carbocycles. The lowest BCUT2D eigenvalue weighted by atomic mass is 10.1. The molecule has 2 aromatic rings. The SMILES string of the molecule is Cc1cccnc1Cc1cccs1. The van der Waals surface area contributed by atoms with Gasteiger partial charge in [0.1, 0.15) is 0 Å². The Morgan fingerprint density at radius 2 is 2.23 bits per heavy atom. The molecular weight excluding hydrogens is 178 g/mol. The number of thiophene rings is 1. The molecule has 0 aromatic carbocycles. The van der Waals surface area contributed by atoms with E-state index in [1.165, 1.54) is 16.1 Å². The Morgan fingerprint density at radius 3 is 2.92 bits per heavy atom.